The van der Waals surface area contributed by atoms with Crippen molar-refractivity contribution in [1.29, 1.82) is 0 Å². The van der Waals surface area contributed by atoms with Gasteiger partial charge in [0.25, 0.3) is 0 Å². The van der Waals surface area contributed by atoms with E-state index in [1.807, 2.05) is 11.6 Å². The van der Waals surface area contributed by atoms with Gasteiger partial charge in [-0.1, -0.05) is 18.5 Å². The van der Waals surface area contributed by atoms with Gasteiger partial charge < -0.3 is 14.8 Å². The highest BCUT2D eigenvalue weighted by Crippen LogP contribution is 2.14. The van der Waals surface area contributed by atoms with E-state index >= 15 is 0 Å². The molecule has 2 amide bonds. The summed E-state index contributed by atoms with van der Waals surface area (Å²) in [5.74, 6) is 0.0178. The molecule has 1 rings (SSSR count). The fraction of sp³-hybridized carbons (Fsp3) is 0.615. The van der Waals surface area contributed by atoms with Crippen molar-refractivity contribution in [3.05, 3.63) is 23.0 Å². The SMILES string of the molecule is CCS(=O)(=O)C[C@H](C)NC(=O)N(C)Cc1cc(Cl)cn1C. The van der Waals surface area contributed by atoms with E-state index < -0.39 is 15.9 Å². The number of rotatable bonds is 6. The Kier molecular flexibility index (Phi) is 6.10. The molecular formula is C13H22ClN3O3S. The number of carbonyl (C=O) groups is 1. The van der Waals surface area contributed by atoms with E-state index in [1.165, 1.54) is 4.90 Å². The molecule has 0 unspecified atom stereocenters. The van der Waals surface area contributed by atoms with Gasteiger partial charge >= 0.3 is 6.03 Å². The van der Waals surface area contributed by atoms with Gasteiger partial charge in [-0.2, -0.15) is 0 Å². The second-order valence-electron chi connectivity index (χ2n) is 5.17. The van der Waals surface area contributed by atoms with Gasteiger partial charge in [0.15, 0.2) is 9.84 Å². The van der Waals surface area contributed by atoms with Crippen molar-refractivity contribution in [2.75, 3.05) is 18.6 Å². The minimum absolute atomic E-state index is 0.0565. The Morgan fingerprint density at radius 2 is 2.14 bits per heavy atom. The lowest BCUT2D eigenvalue weighted by Gasteiger charge is -2.21. The average Bonchev–Trinajstić information content (AvgIpc) is 2.66. The highest BCUT2D eigenvalue weighted by atomic mass is 35.5. The molecule has 0 aromatic carbocycles. The normalized spacial score (nSPS) is 13.0. The predicted molar refractivity (Wildman–Crippen MR) is 84.2 cm³/mol. The van der Waals surface area contributed by atoms with Crippen molar-refractivity contribution in [3.63, 3.8) is 0 Å². The van der Waals surface area contributed by atoms with Gasteiger partial charge in [0.2, 0.25) is 0 Å². The number of urea groups is 1. The number of aromatic nitrogens is 1. The summed E-state index contributed by atoms with van der Waals surface area (Å²) in [5, 5.41) is 3.30. The first-order valence-electron chi connectivity index (χ1n) is 6.67. The molecular weight excluding hydrogens is 314 g/mol. The largest absolute Gasteiger partial charge is 0.351 e. The molecule has 0 aliphatic carbocycles. The number of nitrogens with one attached hydrogen (secondary N) is 1. The summed E-state index contributed by atoms with van der Waals surface area (Å²) in [7, 11) is 0.394. The minimum atomic E-state index is -3.11. The van der Waals surface area contributed by atoms with Gasteiger partial charge in [0.05, 0.1) is 17.3 Å². The Labute approximate surface area is 131 Å². The fourth-order valence-corrected chi connectivity index (χ4v) is 3.25. The number of aryl methyl sites for hydroxylation is 1. The van der Waals surface area contributed by atoms with Gasteiger partial charge in [-0.05, 0) is 13.0 Å². The van der Waals surface area contributed by atoms with Crippen LogP contribution in [-0.2, 0) is 23.4 Å². The van der Waals surface area contributed by atoms with E-state index in [4.69, 9.17) is 11.6 Å². The predicted octanol–water partition coefficient (Wildman–Crippen LogP) is 1.64. The van der Waals surface area contributed by atoms with Crippen LogP contribution in [0.1, 0.15) is 19.5 Å². The zero-order valence-corrected chi connectivity index (χ0v) is 14.3. The van der Waals surface area contributed by atoms with Crippen molar-refractivity contribution in [1.82, 2.24) is 14.8 Å². The third-order valence-corrected chi connectivity index (χ3v) is 5.23. The van der Waals surface area contributed by atoms with E-state index in [-0.39, 0.29) is 17.5 Å². The maximum Gasteiger partial charge on any atom is 0.317 e. The molecule has 8 heteroatoms. The molecule has 1 heterocycles. The van der Waals surface area contributed by atoms with Crippen molar-refractivity contribution in [3.8, 4) is 0 Å². The lowest BCUT2D eigenvalue weighted by Crippen LogP contribution is -2.44. The van der Waals surface area contributed by atoms with Crippen LogP contribution >= 0.6 is 11.6 Å². The van der Waals surface area contributed by atoms with E-state index in [1.54, 1.807) is 33.2 Å². The standard InChI is InChI=1S/C13H22ClN3O3S/c1-5-21(19,20)9-10(2)15-13(18)17(4)8-12-6-11(14)7-16(12)3/h6-7,10H,5,8-9H2,1-4H3,(H,15,18)/t10-/m0/s1. The topological polar surface area (TPSA) is 71.4 Å². The van der Waals surface area contributed by atoms with Crippen molar-refractivity contribution in [2.24, 2.45) is 7.05 Å². The van der Waals surface area contributed by atoms with Crippen molar-refractivity contribution >= 4 is 27.5 Å². The Morgan fingerprint density at radius 1 is 1.52 bits per heavy atom. The molecule has 1 atom stereocenters. The highest BCUT2D eigenvalue weighted by molar-refractivity contribution is 7.91. The average molecular weight is 336 g/mol. The van der Waals surface area contributed by atoms with Crippen LogP contribution < -0.4 is 5.32 Å². The number of carbonyl (C=O) groups excluding carboxylic acids is 1. The van der Waals surface area contributed by atoms with E-state index in [0.29, 0.717) is 11.6 Å². The summed E-state index contributed by atoms with van der Waals surface area (Å²) in [4.78, 5) is 13.5. The van der Waals surface area contributed by atoms with E-state index in [0.717, 1.165) is 5.69 Å². The molecule has 6 nitrogen and oxygen atoms in total. The first-order chi connectivity index (χ1) is 9.64. The Morgan fingerprint density at radius 3 is 2.62 bits per heavy atom. The van der Waals surface area contributed by atoms with E-state index in [9.17, 15) is 13.2 Å². The Hall–Kier alpha value is -1.21. The summed E-state index contributed by atoms with van der Waals surface area (Å²) < 4.78 is 24.9. The molecule has 120 valence electrons. The first-order valence-corrected chi connectivity index (χ1v) is 8.87. The lowest BCUT2D eigenvalue weighted by molar-refractivity contribution is 0.203. The van der Waals surface area contributed by atoms with Crippen LogP contribution in [0.5, 0.6) is 0 Å². The molecule has 0 fully saturated rings. The molecule has 0 spiro atoms. The van der Waals surface area contributed by atoms with Crippen molar-refractivity contribution < 1.29 is 13.2 Å². The summed E-state index contributed by atoms with van der Waals surface area (Å²) >= 11 is 5.90. The molecule has 1 aromatic rings. The second-order valence-corrected chi connectivity index (χ2v) is 8.00. The number of halogens is 1. The van der Waals surface area contributed by atoms with Crippen LogP contribution in [0.2, 0.25) is 5.02 Å². The Bertz CT molecular complexity index is 598. The van der Waals surface area contributed by atoms with Gasteiger partial charge in [-0.25, -0.2) is 13.2 Å². The van der Waals surface area contributed by atoms with Gasteiger partial charge in [-0.15, -0.1) is 0 Å². The summed E-state index contributed by atoms with van der Waals surface area (Å²) in [6.45, 7) is 3.66. The van der Waals surface area contributed by atoms with E-state index in [2.05, 4.69) is 5.32 Å². The monoisotopic (exact) mass is 335 g/mol. The molecule has 21 heavy (non-hydrogen) atoms. The van der Waals surface area contributed by atoms with Crippen LogP contribution in [0.3, 0.4) is 0 Å². The third-order valence-electron chi connectivity index (χ3n) is 3.13. The quantitative estimate of drug-likeness (QED) is 0.859. The minimum Gasteiger partial charge on any atom is -0.351 e. The van der Waals surface area contributed by atoms with Gasteiger partial charge in [0.1, 0.15) is 0 Å². The van der Waals surface area contributed by atoms with Gasteiger partial charge in [0, 0.05) is 37.8 Å². The Balaban J connectivity index is 2.57. The van der Waals surface area contributed by atoms with Gasteiger partial charge in [-0.3, -0.25) is 0 Å². The number of sulfone groups is 1. The van der Waals surface area contributed by atoms with Crippen LogP contribution in [0.25, 0.3) is 0 Å². The zero-order valence-electron chi connectivity index (χ0n) is 12.8. The number of hydrogen-bond acceptors (Lipinski definition) is 3. The molecule has 0 aliphatic rings. The molecule has 1 aromatic heterocycles. The smallest absolute Gasteiger partial charge is 0.317 e. The lowest BCUT2D eigenvalue weighted by atomic mass is 10.4. The molecule has 0 saturated carbocycles. The number of hydrogen-bond donors (Lipinski definition) is 1. The summed E-state index contributed by atoms with van der Waals surface area (Å²) in [6.07, 6.45) is 1.76. The summed E-state index contributed by atoms with van der Waals surface area (Å²) in [6, 6.07) is 1.05. The maximum absolute atomic E-state index is 12.0. The van der Waals surface area contributed by atoms with Crippen LogP contribution in [0.4, 0.5) is 4.79 Å². The van der Waals surface area contributed by atoms with Crippen LogP contribution in [0, 0.1) is 0 Å². The molecule has 0 aliphatic heterocycles. The third kappa shape index (κ3) is 5.59. The molecule has 0 saturated heterocycles. The first kappa shape index (κ1) is 17.8. The highest BCUT2D eigenvalue weighted by Gasteiger charge is 2.18. The van der Waals surface area contributed by atoms with Crippen molar-refractivity contribution in [2.45, 2.75) is 26.4 Å². The summed E-state index contributed by atoms with van der Waals surface area (Å²) in [5.41, 5.74) is 0.895. The second kappa shape index (κ2) is 7.17. The molecule has 0 radical (unpaired) electrons. The zero-order chi connectivity index (χ0) is 16.2. The van der Waals surface area contributed by atoms with Crippen LogP contribution in [0.15, 0.2) is 12.3 Å². The fourth-order valence-electron chi connectivity index (χ4n) is 1.90. The number of nitrogens with zero attached hydrogens (tertiary/aromatic N) is 2. The maximum atomic E-state index is 12.0. The molecule has 1 N–H and O–H groups in total. The van der Waals surface area contributed by atoms with Crippen LogP contribution in [-0.4, -0.2) is 48.5 Å². The molecule has 0 bridgehead atoms. The number of amides is 2.